The smallest absolute Gasteiger partial charge is 0.411 e. The lowest BCUT2D eigenvalue weighted by Crippen LogP contribution is -2.69. The first-order chi connectivity index (χ1) is 14.9. The SMILES string of the molecule is CC(C)(C)OC(=O)N(Cc1ccccc1)[C@]1(C2CCCCC2)CO[C@H]1c1ccccc1. The van der Waals surface area contributed by atoms with E-state index in [1.54, 1.807) is 0 Å². The Labute approximate surface area is 186 Å². The molecular formula is C27H35NO3. The highest BCUT2D eigenvalue weighted by molar-refractivity contribution is 5.70. The van der Waals surface area contributed by atoms with Gasteiger partial charge in [0.1, 0.15) is 17.2 Å². The summed E-state index contributed by atoms with van der Waals surface area (Å²) < 4.78 is 12.2. The molecule has 2 aliphatic rings. The number of carbonyl (C=O) groups is 1. The van der Waals surface area contributed by atoms with Gasteiger partial charge in [0.25, 0.3) is 0 Å². The summed E-state index contributed by atoms with van der Waals surface area (Å²) in [7, 11) is 0. The number of hydrogen-bond acceptors (Lipinski definition) is 3. The minimum atomic E-state index is -0.549. The maximum atomic E-state index is 13.7. The van der Waals surface area contributed by atoms with Crippen LogP contribution in [0.3, 0.4) is 0 Å². The number of rotatable bonds is 5. The van der Waals surface area contributed by atoms with Gasteiger partial charge in [-0.1, -0.05) is 79.9 Å². The third-order valence-corrected chi connectivity index (χ3v) is 6.65. The Morgan fingerprint density at radius 2 is 1.61 bits per heavy atom. The van der Waals surface area contributed by atoms with E-state index in [4.69, 9.17) is 9.47 Å². The first-order valence-corrected chi connectivity index (χ1v) is 11.6. The predicted molar refractivity (Wildman–Crippen MR) is 123 cm³/mol. The van der Waals surface area contributed by atoms with E-state index in [2.05, 4.69) is 36.4 Å². The number of amides is 1. The van der Waals surface area contributed by atoms with Gasteiger partial charge in [-0.25, -0.2) is 4.79 Å². The van der Waals surface area contributed by atoms with Crippen LogP contribution in [-0.2, 0) is 16.0 Å². The minimum Gasteiger partial charge on any atom is -0.444 e. The van der Waals surface area contributed by atoms with E-state index in [0.717, 1.165) is 24.0 Å². The molecule has 4 rings (SSSR count). The van der Waals surface area contributed by atoms with Crippen molar-refractivity contribution in [2.24, 2.45) is 5.92 Å². The molecule has 0 radical (unpaired) electrons. The molecule has 0 N–H and O–H groups in total. The highest BCUT2D eigenvalue weighted by Crippen LogP contribution is 2.53. The standard InChI is InChI=1S/C27H35NO3/c1-26(2,3)31-25(29)28(19-21-13-7-4-8-14-21)27(23-17-11-6-12-18-23)20-30-24(27)22-15-9-5-10-16-22/h4-5,7-10,13-16,23-24H,6,11-12,17-20H2,1-3H3/t24-,27-/m0/s1. The zero-order valence-electron chi connectivity index (χ0n) is 19.0. The lowest BCUT2D eigenvalue weighted by molar-refractivity contribution is -0.230. The zero-order valence-corrected chi connectivity index (χ0v) is 19.0. The van der Waals surface area contributed by atoms with Crippen LogP contribution in [0.15, 0.2) is 60.7 Å². The van der Waals surface area contributed by atoms with Gasteiger partial charge in [-0.3, -0.25) is 4.90 Å². The Morgan fingerprint density at radius 1 is 1.00 bits per heavy atom. The van der Waals surface area contributed by atoms with Crippen molar-refractivity contribution in [2.45, 2.75) is 76.7 Å². The number of nitrogens with zero attached hydrogens (tertiary/aromatic N) is 1. The Balaban J connectivity index is 1.76. The normalized spacial score (nSPS) is 24.3. The molecule has 166 valence electrons. The summed E-state index contributed by atoms with van der Waals surface area (Å²) in [6.07, 6.45) is 5.57. The first-order valence-electron chi connectivity index (χ1n) is 11.6. The van der Waals surface area contributed by atoms with Crippen LogP contribution >= 0.6 is 0 Å². The second-order valence-corrected chi connectivity index (χ2v) is 9.98. The molecule has 1 heterocycles. The molecule has 1 saturated carbocycles. The van der Waals surface area contributed by atoms with Crippen molar-refractivity contribution < 1.29 is 14.3 Å². The zero-order chi connectivity index (χ0) is 21.9. The summed E-state index contributed by atoms with van der Waals surface area (Å²) in [6.45, 7) is 6.89. The fourth-order valence-corrected chi connectivity index (χ4v) is 5.19. The van der Waals surface area contributed by atoms with Crippen molar-refractivity contribution >= 4 is 6.09 Å². The van der Waals surface area contributed by atoms with Crippen LogP contribution in [-0.4, -0.2) is 28.7 Å². The largest absolute Gasteiger partial charge is 0.444 e. The van der Waals surface area contributed by atoms with E-state index < -0.39 is 5.60 Å². The molecule has 1 amide bonds. The van der Waals surface area contributed by atoms with Gasteiger partial charge in [0.2, 0.25) is 0 Å². The van der Waals surface area contributed by atoms with Crippen LogP contribution in [0.1, 0.15) is 70.1 Å². The third-order valence-electron chi connectivity index (χ3n) is 6.65. The van der Waals surface area contributed by atoms with E-state index in [1.165, 1.54) is 19.3 Å². The van der Waals surface area contributed by atoms with E-state index >= 15 is 0 Å². The minimum absolute atomic E-state index is 0.131. The lowest BCUT2D eigenvalue weighted by Gasteiger charge is -2.59. The molecule has 2 fully saturated rings. The van der Waals surface area contributed by atoms with E-state index in [1.807, 2.05) is 49.9 Å². The highest BCUT2D eigenvalue weighted by atomic mass is 16.6. The van der Waals surface area contributed by atoms with Gasteiger partial charge in [-0.2, -0.15) is 0 Å². The molecule has 0 bridgehead atoms. The molecule has 0 aromatic heterocycles. The Hall–Kier alpha value is -2.33. The van der Waals surface area contributed by atoms with Crippen molar-refractivity contribution in [1.82, 2.24) is 4.90 Å². The molecule has 1 aliphatic heterocycles. The summed E-state index contributed by atoms with van der Waals surface area (Å²) in [4.78, 5) is 15.7. The molecular weight excluding hydrogens is 386 g/mol. The molecule has 0 unspecified atom stereocenters. The number of ether oxygens (including phenoxy) is 2. The van der Waals surface area contributed by atoms with Crippen LogP contribution in [0.25, 0.3) is 0 Å². The van der Waals surface area contributed by atoms with Crippen molar-refractivity contribution in [3.05, 3.63) is 71.8 Å². The monoisotopic (exact) mass is 421 g/mol. The average Bonchev–Trinajstić information content (AvgIpc) is 2.74. The maximum absolute atomic E-state index is 13.7. The van der Waals surface area contributed by atoms with Gasteiger partial charge in [0.15, 0.2) is 0 Å². The fraction of sp³-hybridized carbons (Fsp3) is 0.519. The van der Waals surface area contributed by atoms with Gasteiger partial charge in [-0.05, 0) is 50.7 Å². The van der Waals surface area contributed by atoms with Gasteiger partial charge < -0.3 is 9.47 Å². The van der Waals surface area contributed by atoms with Crippen molar-refractivity contribution in [3.63, 3.8) is 0 Å². The molecule has 0 spiro atoms. The predicted octanol–water partition coefficient (Wildman–Crippen LogP) is 6.51. The molecule has 31 heavy (non-hydrogen) atoms. The lowest BCUT2D eigenvalue weighted by atomic mass is 9.66. The average molecular weight is 422 g/mol. The van der Waals surface area contributed by atoms with Crippen LogP contribution in [0.2, 0.25) is 0 Å². The Kier molecular flexibility index (Phi) is 6.38. The number of hydrogen-bond donors (Lipinski definition) is 0. The molecule has 1 saturated heterocycles. The van der Waals surface area contributed by atoms with Crippen molar-refractivity contribution in [2.75, 3.05) is 6.61 Å². The van der Waals surface area contributed by atoms with Gasteiger partial charge >= 0.3 is 6.09 Å². The van der Waals surface area contributed by atoms with Crippen molar-refractivity contribution in [1.29, 1.82) is 0 Å². The molecule has 2 atom stereocenters. The van der Waals surface area contributed by atoms with E-state index in [-0.39, 0.29) is 17.7 Å². The first kappa shape index (κ1) is 21.9. The van der Waals surface area contributed by atoms with Crippen LogP contribution in [0.5, 0.6) is 0 Å². The van der Waals surface area contributed by atoms with Gasteiger partial charge in [0, 0.05) is 6.54 Å². The summed E-state index contributed by atoms with van der Waals surface area (Å²) in [5.41, 5.74) is 1.32. The summed E-state index contributed by atoms with van der Waals surface area (Å²) in [6, 6.07) is 20.6. The topological polar surface area (TPSA) is 38.8 Å². The maximum Gasteiger partial charge on any atom is 0.411 e. The third kappa shape index (κ3) is 4.64. The molecule has 2 aromatic rings. The summed E-state index contributed by atoms with van der Waals surface area (Å²) >= 11 is 0. The van der Waals surface area contributed by atoms with Crippen LogP contribution < -0.4 is 0 Å². The molecule has 1 aliphatic carbocycles. The number of carbonyl (C=O) groups excluding carboxylic acids is 1. The number of benzene rings is 2. The second-order valence-electron chi connectivity index (χ2n) is 9.98. The fourth-order valence-electron chi connectivity index (χ4n) is 5.19. The van der Waals surface area contributed by atoms with Gasteiger partial charge in [0.05, 0.1) is 6.61 Å². The highest BCUT2D eigenvalue weighted by Gasteiger charge is 2.60. The van der Waals surface area contributed by atoms with E-state index in [0.29, 0.717) is 19.1 Å². The van der Waals surface area contributed by atoms with Crippen molar-refractivity contribution in [3.8, 4) is 0 Å². The Morgan fingerprint density at radius 3 is 2.16 bits per heavy atom. The molecule has 4 heteroatoms. The summed E-state index contributed by atoms with van der Waals surface area (Å²) in [5.74, 6) is 0.399. The second kappa shape index (κ2) is 9.04. The summed E-state index contributed by atoms with van der Waals surface area (Å²) in [5, 5.41) is 0. The van der Waals surface area contributed by atoms with E-state index in [9.17, 15) is 4.79 Å². The molecule has 4 nitrogen and oxygen atoms in total. The van der Waals surface area contributed by atoms with Crippen LogP contribution in [0, 0.1) is 5.92 Å². The van der Waals surface area contributed by atoms with Gasteiger partial charge in [-0.15, -0.1) is 0 Å². The quantitative estimate of drug-likeness (QED) is 0.552. The Bertz CT molecular complexity index is 855. The van der Waals surface area contributed by atoms with Crippen LogP contribution in [0.4, 0.5) is 4.79 Å². The molecule has 2 aromatic carbocycles.